The molecule has 0 bridgehead atoms. The number of H-pyrrole nitrogens is 1. The standard InChI is InChI=1S/C10H13F3N4O3/c1-6(7-2-14-15-3-7)16-9(20)17(4-8(18)19)5-10(11,12)13/h2-3,6H,4-5H2,1H3,(H,14,15)(H,16,20)(H,18,19). The molecule has 1 atom stereocenters. The van der Waals surface area contributed by atoms with Gasteiger partial charge in [0.2, 0.25) is 0 Å². The number of alkyl halides is 3. The fourth-order valence-electron chi connectivity index (χ4n) is 1.44. The first kappa shape index (κ1) is 15.8. The molecule has 1 unspecified atom stereocenters. The molecule has 1 rings (SSSR count). The van der Waals surface area contributed by atoms with Crippen LogP contribution in [-0.2, 0) is 4.79 Å². The van der Waals surface area contributed by atoms with Crippen molar-refractivity contribution >= 4 is 12.0 Å². The number of aliphatic carboxylic acids is 1. The summed E-state index contributed by atoms with van der Waals surface area (Å²) in [5.41, 5.74) is 0.556. The van der Waals surface area contributed by atoms with Gasteiger partial charge in [-0.05, 0) is 6.92 Å². The Morgan fingerprint density at radius 2 is 2.20 bits per heavy atom. The van der Waals surface area contributed by atoms with E-state index in [1.807, 2.05) is 0 Å². The molecule has 0 aromatic carbocycles. The van der Waals surface area contributed by atoms with E-state index < -0.39 is 37.3 Å². The Bertz CT molecular complexity index is 461. The summed E-state index contributed by atoms with van der Waals surface area (Å²) in [6.45, 7) is -1.14. The molecule has 112 valence electrons. The number of carboxylic acids is 1. The van der Waals surface area contributed by atoms with Crippen molar-refractivity contribution in [3.63, 3.8) is 0 Å². The van der Waals surface area contributed by atoms with E-state index in [0.717, 1.165) is 0 Å². The van der Waals surface area contributed by atoms with Crippen molar-refractivity contribution in [2.45, 2.75) is 19.1 Å². The van der Waals surface area contributed by atoms with Crippen LogP contribution in [0.5, 0.6) is 0 Å². The second kappa shape index (κ2) is 6.26. The fraction of sp³-hybridized carbons (Fsp3) is 0.500. The third-order valence-electron chi connectivity index (χ3n) is 2.34. The lowest BCUT2D eigenvalue weighted by molar-refractivity contribution is -0.149. The molecule has 20 heavy (non-hydrogen) atoms. The van der Waals surface area contributed by atoms with Gasteiger partial charge in [0.25, 0.3) is 0 Å². The number of halogens is 3. The van der Waals surface area contributed by atoms with Gasteiger partial charge in [0, 0.05) is 11.8 Å². The number of hydrogen-bond donors (Lipinski definition) is 3. The van der Waals surface area contributed by atoms with E-state index >= 15 is 0 Å². The molecule has 0 saturated heterocycles. The SMILES string of the molecule is CC(NC(=O)N(CC(=O)O)CC(F)(F)F)c1cn[nH]c1. The maximum atomic E-state index is 12.3. The fourth-order valence-corrected chi connectivity index (χ4v) is 1.44. The number of rotatable bonds is 5. The van der Waals surface area contributed by atoms with Crippen LogP contribution >= 0.6 is 0 Å². The number of carbonyl (C=O) groups is 2. The summed E-state index contributed by atoms with van der Waals surface area (Å²) >= 11 is 0. The van der Waals surface area contributed by atoms with Gasteiger partial charge in [-0.15, -0.1) is 0 Å². The summed E-state index contributed by atoms with van der Waals surface area (Å²) in [4.78, 5) is 22.4. The van der Waals surface area contributed by atoms with Crippen molar-refractivity contribution in [1.29, 1.82) is 0 Å². The van der Waals surface area contributed by atoms with Crippen LogP contribution in [0.2, 0.25) is 0 Å². The molecule has 1 aromatic rings. The monoisotopic (exact) mass is 294 g/mol. The second-order valence-electron chi connectivity index (χ2n) is 4.07. The Morgan fingerprint density at radius 3 is 2.65 bits per heavy atom. The van der Waals surface area contributed by atoms with Gasteiger partial charge in [-0.2, -0.15) is 18.3 Å². The van der Waals surface area contributed by atoms with Crippen LogP contribution < -0.4 is 5.32 Å². The third-order valence-corrected chi connectivity index (χ3v) is 2.34. The lowest BCUT2D eigenvalue weighted by Crippen LogP contribution is -2.47. The summed E-state index contributed by atoms with van der Waals surface area (Å²) in [6.07, 6.45) is -1.81. The molecule has 1 aromatic heterocycles. The second-order valence-corrected chi connectivity index (χ2v) is 4.07. The zero-order chi connectivity index (χ0) is 15.3. The Kier molecular flexibility index (Phi) is 4.94. The average molecular weight is 294 g/mol. The molecule has 0 fully saturated rings. The third kappa shape index (κ3) is 5.16. The number of nitrogens with zero attached hydrogens (tertiary/aromatic N) is 2. The maximum Gasteiger partial charge on any atom is 0.406 e. The minimum Gasteiger partial charge on any atom is -0.480 e. The molecule has 0 aliphatic heterocycles. The minimum atomic E-state index is -4.67. The predicted octanol–water partition coefficient (Wildman–Crippen LogP) is 1.13. The Morgan fingerprint density at radius 1 is 1.55 bits per heavy atom. The molecule has 2 amide bonds. The smallest absolute Gasteiger partial charge is 0.406 e. The highest BCUT2D eigenvalue weighted by atomic mass is 19.4. The maximum absolute atomic E-state index is 12.3. The lowest BCUT2D eigenvalue weighted by Gasteiger charge is -2.24. The highest BCUT2D eigenvalue weighted by Gasteiger charge is 2.34. The first-order chi connectivity index (χ1) is 9.19. The number of hydrogen-bond acceptors (Lipinski definition) is 3. The van der Waals surface area contributed by atoms with Crippen LogP contribution in [0.1, 0.15) is 18.5 Å². The van der Waals surface area contributed by atoms with E-state index in [2.05, 4.69) is 15.5 Å². The molecular weight excluding hydrogens is 281 g/mol. The molecule has 0 radical (unpaired) electrons. The molecule has 0 aliphatic carbocycles. The van der Waals surface area contributed by atoms with E-state index in [9.17, 15) is 22.8 Å². The zero-order valence-electron chi connectivity index (χ0n) is 10.4. The van der Waals surface area contributed by atoms with Crippen LogP contribution in [0.25, 0.3) is 0 Å². The van der Waals surface area contributed by atoms with Gasteiger partial charge in [0.15, 0.2) is 0 Å². The molecule has 0 saturated carbocycles. The number of nitrogens with one attached hydrogen (secondary N) is 2. The van der Waals surface area contributed by atoms with Crippen LogP contribution in [0, 0.1) is 0 Å². The Hall–Kier alpha value is -2.26. The summed E-state index contributed by atoms with van der Waals surface area (Å²) in [5.74, 6) is -1.53. The lowest BCUT2D eigenvalue weighted by atomic mass is 10.2. The van der Waals surface area contributed by atoms with Gasteiger partial charge in [-0.25, -0.2) is 4.79 Å². The minimum absolute atomic E-state index is 0.179. The number of carboxylic acid groups (broad SMARTS) is 1. The van der Waals surface area contributed by atoms with Gasteiger partial charge in [0.1, 0.15) is 13.1 Å². The highest BCUT2D eigenvalue weighted by Crippen LogP contribution is 2.17. The summed E-state index contributed by atoms with van der Waals surface area (Å²) in [5, 5.41) is 17.0. The van der Waals surface area contributed by atoms with E-state index in [1.165, 1.54) is 19.3 Å². The van der Waals surface area contributed by atoms with Gasteiger partial charge in [-0.1, -0.05) is 0 Å². The first-order valence-corrected chi connectivity index (χ1v) is 5.51. The number of urea groups is 1. The quantitative estimate of drug-likeness (QED) is 0.758. The zero-order valence-corrected chi connectivity index (χ0v) is 10.4. The summed E-state index contributed by atoms with van der Waals surface area (Å²) in [6, 6.07) is -1.72. The van der Waals surface area contributed by atoms with E-state index in [0.29, 0.717) is 5.56 Å². The highest BCUT2D eigenvalue weighted by molar-refractivity contribution is 5.80. The number of aromatic nitrogens is 2. The van der Waals surface area contributed by atoms with Gasteiger partial charge in [-0.3, -0.25) is 9.89 Å². The van der Waals surface area contributed by atoms with Gasteiger partial charge >= 0.3 is 18.2 Å². The Balaban J connectivity index is 2.70. The Labute approximate surface area is 111 Å². The normalized spacial score (nSPS) is 12.8. The average Bonchev–Trinajstić information content (AvgIpc) is 2.78. The molecule has 7 nitrogen and oxygen atoms in total. The van der Waals surface area contributed by atoms with Crippen molar-refractivity contribution in [1.82, 2.24) is 20.4 Å². The van der Waals surface area contributed by atoms with E-state index in [1.54, 1.807) is 0 Å². The number of carbonyl (C=O) groups excluding carboxylic acids is 1. The van der Waals surface area contributed by atoms with Gasteiger partial charge < -0.3 is 15.3 Å². The summed E-state index contributed by atoms with van der Waals surface area (Å²) < 4.78 is 36.9. The largest absolute Gasteiger partial charge is 0.480 e. The summed E-state index contributed by atoms with van der Waals surface area (Å²) in [7, 11) is 0. The topological polar surface area (TPSA) is 98.3 Å². The number of aromatic amines is 1. The number of amides is 2. The molecule has 0 spiro atoms. The van der Waals surface area contributed by atoms with Crippen molar-refractivity contribution in [2.75, 3.05) is 13.1 Å². The van der Waals surface area contributed by atoms with Gasteiger partial charge in [0.05, 0.1) is 12.2 Å². The molecule has 0 aliphatic rings. The van der Waals surface area contributed by atoms with Crippen molar-refractivity contribution < 1.29 is 27.9 Å². The molecule has 3 N–H and O–H groups in total. The molecule has 1 heterocycles. The van der Waals surface area contributed by atoms with Crippen molar-refractivity contribution in [3.8, 4) is 0 Å². The van der Waals surface area contributed by atoms with Crippen LogP contribution in [0.4, 0.5) is 18.0 Å². The predicted molar refractivity (Wildman–Crippen MR) is 60.8 cm³/mol. The molecular formula is C10H13F3N4O3. The van der Waals surface area contributed by atoms with E-state index in [-0.39, 0.29) is 4.90 Å². The van der Waals surface area contributed by atoms with Crippen molar-refractivity contribution in [2.24, 2.45) is 0 Å². The van der Waals surface area contributed by atoms with Crippen molar-refractivity contribution in [3.05, 3.63) is 18.0 Å². The van der Waals surface area contributed by atoms with Crippen LogP contribution in [-0.4, -0.2) is 51.5 Å². The first-order valence-electron chi connectivity index (χ1n) is 5.51. The van der Waals surface area contributed by atoms with E-state index in [4.69, 9.17) is 5.11 Å². The van der Waals surface area contributed by atoms with Crippen LogP contribution in [0.15, 0.2) is 12.4 Å². The molecule has 10 heteroatoms. The van der Waals surface area contributed by atoms with Crippen LogP contribution in [0.3, 0.4) is 0 Å².